The van der Waals surface area contributed by atoms with Crippen molar-refractivity contribution in [2.45, 2.75) is 0 Å². The smallest absolute Gasteiger partial charge is 0.434 e. The van der Waals surface area contributed by atoms with Gasteiger partial charge >= 0.3 is 17.1 Å². The van der Waals surface area contributed by atoms with Crippen molar-refractivity contribution in [1.82, 2.24) is 0 Å². The maximum atomic E-state index is 5.35. The van der Waals surface area contributed by atoms with Crippen molar-refractivity contribution in [2.24, 2.45) is 5.73 Å². The summed E-state index contributed by atoms with van der Waals surface area (Å²) in [4.78, 5) is 0. The van der Waals surface area contributed by atoms with Crippen LogP contribution in [0.1, 0.15) is 0 Å². The number of hydrogen-bond acceptors (Lipinski definition) is 4. The van der Waals surface area contributed by atoms with E-state index in [4.69, 9.17) is 15.2 Å². The van der Waals surface area contributed by atoms with Gasteiger partial charge in [0.2, 0.25) is 0 Å². The van der Waals surface area contributed by atoms with E-state index in [1.807, 2.05) is 54.6 Å². The zero-order valence-electron chi connectivity index (χ0n) is 12.2. The second-order valence-corrected chi connectivity index (χ2v) is 4.08. The molecule has 2 rings (SSSR count). The van der Waals surface area contributed by atoms with E-state index in [9.17, 15) is 0 Å². The number of nitrogens with one attached hydrogen (secondary N) is 1. The molecule has 0 bridgehead atoms. The van der Waals surface area contributed by atoms with Gasteiger partial charge < -0.3 is 20.5 Å². The average Bonchev–Trinajstić information content (AvgIpc) is 3.17. The van der Waals surface area contributed by atoms with Crippen LogP contribution >= 0.6 is 0 Å². The number of hydrogen-bond donors (Lipinski definition) is 2. The van der Waals surface area contributed by atoms with Crippen molar-refractivity contribution < 1.29 is 26.5 Å². The Morgan fingerprint density at radius 2 is 1.52 bits per heavy atom. The third kappa shape index (κ3) is 12.4. The van der Waals surface area contributed by atoms with E-state index in [1.54, 1.807) is 0 Å². The summed E-state index contributed by atoms with van der Waals surface area (Å²) >= 11 is 0. The molecule has 118 valence electrons. The van der Waals surface area contributed by atoms with Gasteiger partial charge in [0, 0.05) is 13.1 Å². The molecule has 0 fully saturated rings. The predicted molar refractivity (Wildman–Crippen MR) is 83.3 cm³/mol. The van der Waals surface area contributed by atoms with E-state index in [-0.39, 0.29) is 17.1 Å². The van der Waals surface area contributed by atoms with Gasteiger partial charge in [-0.25, -0.2) is 24.3 Å². The van der Waals surface area contributed by atoms with Crippen molar-refractivity contribution in [2.75, 3.05) is 44.8 Å². The Morgan fingerprint density at radius 1 is 0.905 bits per heavy atom. The van der Waals surface area contributed by atoms with E-state index in [0.29, 0.717) is 33.0 Å². The van der Waals surface area contributed by atoms with Crippen LogP contribution in [0.3, 0.4) is 0 Å². The molecule has 0 unspecified atom stereocenters. The predicted octanol–water partition coefficient (Wildman–Crippen LogP) is 2.21. The Hall–Kier alpha value is -1.10. The Morgan fingerprint density at radius 3 is 2.05 bits per heavy atom. The van der Waals surface area contributed by atoms with Gasteiger partial charge in [0.1, 0.15) is 0 Å². The van der Waals surface area contributed by atoms with Crippen molar-refractivity contribution >= 4 is 5.69 Å². The molecule has 0 aliphatic rings. The number of rotatable bonds is 9. The SMILES string of the molecule is NCCOCCOCCN[c-]1cccc1.[Fe+2].c1cc[cH-]c1. The molecule has 0 atom stereocenters. The van der Waals surface area contributed by atoms with Crippen LogP contribution in [0.5, 0.6) is 0 Å². The molecule has 0 saturated carbocycles. The Labute approximate surface area is 137 Å². The van der Waals surface area contributed by atoms with Gasteiger partial charge in [-0.05, 0) is 0 Å². The summed E-state index contributed by atoms with van der Waals surface area (Å²) in [5, 5.41) is 3.24. The molecule has 0 aliphatic carbocycles. The maximum Gasteiger partial charge on any atom is 2.00 e. The van der Waals surface area contributed by atoms with Crippen LogP contribution in [-0.2, 0) is 26.5 Å². The van der Waals surface area contributed by atoms with Crippen molar-refractivity contribution in [1.29, 1.82) is 0 Å². The monoisotopic (exact) mass is 332 g/mol. The van der Waals surface area contributed by atoms with Gasteiger partial charge in [-0.1, -0.05) is 5.69 Å². The van der Waals surface area contributed by atoms with Crippen LogP contribution in [0.2, 0.25) is 0 Å². The Kier molecular flexibility index (Phi) is 14.5. The van der Waals surface area contributed by atoms with Gasteiger partial charge in [-0.15, -0.1) is 0 Å². The number of anilines is 1. The fraction of sp³-hybridized carbons (Fsp3) is 0.375. The molecule has 0 spiro atoms. The van der Waals surface area contributed by atoms with Crippen LogP contribution in [0, 0.1) is 0 Å². The van der Waals surface area contributed by atoms with E-state index < -0.39 is 0 Å². The third-order valence-corrected chi connectivity index (χ3v) is 2.43. The fourth-order valence-electron chi connectivity index (χ4n) is 1.49. The van der Waals surface area contributed by atoms with E-state index >= 15 is 0 Å². The Balaban J connectivity index is 0.000000562. The van der Waals surface area contributed by atoms with Crippen LogP contribution in [0.4, 0.5) is 5.69 Å². The molecule has 21 heavy (non-hydrogen) atoms. The molecule has 4 nitrogen and oxygen atoms in total. The van der Waals surface area contributed by atoms with E-state index in [2.05, 4.69) is 5.32 Å². The van der Waals surface area contributed by atoms with Crippen molar-refractivity contribution in [3.8, 4) is 0 Å². The molecule has 0 radical (unpaired) electrons. The van der Waals surface area contributed by atoms with E-state index in [1.165, 1.54) is 0 Å². The molecular formula is C16H24FeN2O2. The zero-order chi connectivity index (χ0) is 14.3. The maximum absolute atomic E-state index is 5.35. The quantitative estimate of drug-likeness (QED) is 0.420. The van der Waals surface area contributed by atoms with Crippen molar-refractivity contribution in [3.63, 3.8) is 0 Å². The van der Waals surface area contributed by atoms with Gasteiger partial charge in [0.25, 0.3) is 0 Å². The molecule has 0 aliphatic heterocycles. The Bertz CT molecular complexity index is 360. The van der Waals surface area contributed by atoms with Gasteiger partial charge in [-0.2, -0.15) is 30.3 Å². The summed E-state index contributed by atoms with van der Waals surface area (Å²) in [6, 6.07) is 18.1. The summed E-state index contributed by atoms with van der Waals surface area (Å²) in [5.74, 6) is 0. The summed E-state index contributed by atoms with van der Waals surface area (Å²) in [7, 11) is 0. The summed E-state index contributed by atoms with van der Waals surface area (Å²) < 4.78 is 10.5. The minimum absolute atomic E-state index is 0. The molecule has 0 amide bonds. The van der Waals surface area contributed by atoms with E-state index in [0.717, 1.165) is 12.2 Å². The molecule has 0 saturated heterocycles. The fourth-order valence-corrected chi connectivity index (χ4v) is 1.49. The summed E-state index contributed by atoms with van der Waals surface area (Å²) in [5.41, 5.74) is 6.41. The van der Waals surface area contributed by atoms with Gasteiger partial charge in [-0.3, -0.25) is 0 Å². The topological polar surface area (TPSA) is 56.5 Å². The van der Waals surface area contributed by atoms with Gasteiger partial charge in [0.15, 0.2) is 0 Å². The van der Waals surface area contributed by atoms with Gasteiger partial charge in [0.05, 0.1) is 26.4 Å². The first kappa shape index (κ1) is 19.9. The van der Waals surface area contributed by atoms with Crippen LogP contribution in [-0.4, -0.2) is 39.5 Å². The second kappa shape index (κ2) is 15.3. The molecule has 5 heteroatoms. The second-order valence-electron chi connectivity index (χ2n) is 4.08. The first-order chi connectivity index (χ1) is 9.93. The number of nitrogens with two attached hydrogens (primary N) is 1. The van der Waals surface area contributed by atoms with Crippen LogP contribution in [0.15, 0.2) is 54.6 Å². The largest absolute Gasteiger partial charge is 2.00 e. The third-order valence-electron chi connectivity index (χ3n) is 2.43. The molecule has 0 heterocycles. The summed E-state index contributed by atoms with van der Waals surface area (Å²) in [6.45, 7) is 3.93. The molecule has 2 aromatic carbocycles. The van der Waals surface area contributed by atoms with Crippen molar-refractivity contribution in [3.05, 3.63) is 54.6 Å². The minimum Gasteiger partial charge on any atom is -0.434 e. The molecular weight excluding hydrogens is 308 g/mol. The summed E-state index contributed by atoms with van der Waals surface area (Å²) in [6.07, 6.45) is 0. The molecule has 2 aromatic rings. The average molecular weight is 332 g/mol. The normalized spacial score (nSPS) is 9.38. The minimum atomic E-state index is 0. The molecule has 3 N–H and O–H groups in total. The zero-order valence-corrected chi connectivity index (χ0v) is 13.3. The molecule has 0 aromatic heterocycles. The number of ether oxygens (including phenoxy) is 2. The van der Waals surface area contributed by atoms with Crippen LogP contribution < -0.4 is 11.1 Å². The first-order valence-electron chi connectivity index (χ1n) is 6.91. The van der Waals surface area contributed by atoms with Crippen LogP contribution in [0.25, 0.3) is 0 Å². The standard InChI is InChI=1S/C11H19N2O2.C5H5.Fe/c12-5-7-14-9-10-15-8-6-13-11-3-1-2-4-11;1-2-4-5-3-1;/h1-4,13H,5-10,12H2;1-5H;/q2*-1;+2. The first-order valence-corrected chi connectivity index (χ1v) is 6.91.